The van der Waals surface area contributed by atoms with Gasteiger partial charge in [0.05, 0.1) is 6.07 Å². The highest BCUT2D eigenvalue weighted by Gasteiger charge is 2.28. The Morgan fingerprint density at radius 1 is 1.29 bits per heavy atom. The van der Waals surface area contributed by atoms with Crippen molar-refractivity contribution in [1.29, 1.82) is 5.26 Å². The molecule has 0 aromatic heterocycles. The zero-order valence-electron chi connectivity index (χ0n) is 10.5. The van der Waals surface area contributed by atoms with Crippen LogP contribution in [-0.4, -0.2) is 5.11 Å². The molecule has 1 aliphatic carbocycles. The molecule has 90 valence electrons. The summed E-state index contributed by atoms with van der Waals surface area (Å²) in [4.78, 5) is 0. The predicted molar refractivity (Wildman–Crippen MR) is 67.9 cm³/mol. The molecular formula is C15H19NO. The zero-order valence-corrected chi connectivity index (χ0v) is 10.5. The maximum absolute atomic E-state index is 9.79. The molecule has 2 heteroatoms. The van der Waals surface area contributed by atoms with E-state index in [0.29, 0.717) is 24.0 Å². The summed E-state index contributed by atoms with van der Waals surface area (Å²) in [6, 6.07) is 6.47. The molecule has 2 nitrogen and oxygen atoms in total. The summed E-state index contributed by atoms with van der Waals surface area (Å²) in [5.41, 5.74) is 3.20. The summed E-state index contributed by atoms with van der Waals surface area (Å²) in [5.74, 6) is 1.42. The number of hydrogen-bond donors (Lipinski definition) is 1. The van der Waals surface area contributed by atoms with Crippen molar-refractivity contribution >= 4 is 0 Å². The van der Waals surface area contributed by atoms with E-state index in [0.717, 1.165) is 17.5 Å². The van der Waals surface area contributed by atoms with Gasteiger partial charge in [-0.25, -0.2) is 0 Å². The number of hydrogen-bond acceptors (Lipinski definition) is 2. The van der Waals surface area contributed by atoms with Crippen LogP contribution in [0.2, 0.25) is 0 Å². The van der Waals surface area contributed by atoms with E-state index >= 15 is 0 Å². The summed E-state index contributed by atoms with van der Waals surface area (Å²) in [7, 11) is 0. The Morgan fingerprint density at radius 3 is 2.53 bits per heavy atom. The summed E-state index contributed by atoms with van der Waals surface area (Å²) < 4.78 is 0. The molecule has 0 amide bonds. The summed E-state index contributed by atoms with van der Waals surface area (Å²) in [6.45, 7) is 3.89. The van der Waals surface area contributed by atoms with E-state index in [1.54, 1.807) is 0 Å². The first-order valence-electron chi connectivity index (χ1n) is 6.30. The molecule has 0 unspecified atom stereocenters. The van der Waals surface area contributed by atoms with Crippen molar-refractivity contribution in [2.75, 3.05) is 0 Å². The second kappa shape index (κ2) is 4.79. The van der Waals surface area contributed by atoms with E-state index in [1.165, 1.54) is 18.4 Å². The Balaban J connectivity index is 2.31. The average molecular weight is 229 g/mol. The summed E-state index contributed by atoms with van der Waals surface area (Å²) >= 11 is 0. The van der Waals surface area contributed by atoms with Gasteiger partial charge in [-0.2, -0.15) is 5.26 Å². The first kappa shape index (κ1) is 12.0. The highest BCUT2D eigenvalue weighted by atomic mass is 16.3. The first-order valence-corrected chi connectivity index (χ1v) is 6.30. The van der Waals surface area contributed by atoms with Gasteiger partial charge >= 0.3 is 0 Å². The Kier molecular flexibility index (Phi) is 3.38. The van der Waals surface area contributed by atoms with Crippen LogP contribution in [0.15, 0.2) is 12.1 Å². The number of nitriles is 1. The Morgan fingerprint density at radius 2 is 1.94 bits per heavy atom. The molecule has 0 heterocycles. The van der Waals surface area contributed by atoms with Crippen molar-refractivity contribution in [2.24, 2.45) is 5.92 Å². The van der Waals surface area contributed by atoms with Crippen molar-refractivity contribution in [3.8, 4) is 11.8 Å². The van der Waals surface area contributed by atoms with Gasteiger partial charge in [0.1, 0.15) is 5.75 Å². The van der Waals surface area contributed by atoms with Crippen LogP contribution in [-0.2, 0) is 0 Å². The molecule has 1 aromatic carbocycles. The van der Waals surface area contributed by atoms with Crippen LogP contribution in [0.25, 0.3) is 0 Å². The van der Waals surface area contributed by atoms with E-state index in [2.05, 4.69) is 18.2 Å². The third-order valence-electron chi connectivity index (χ3n) is 3.95. The SMILES string of the molecule is Cc1cc([C@H]2CCC[C@@H]2CC#N)cc(C)c1O. The Hall–Kier alpha value is -1.49. The van der Waals surface area contributed by atoms with Gasteiger partial charge in [-0.1, -0.05) is 18.6 Å². The van der Waals surface area contributed by atoms with Gasteiger partial charge in [-0.05, 0) is 55.2 Å². The van der Waals surface area contributed by atoms with Crippen LogP contribution >= 0.6 is 0 Å². The number of benzene rings is 1. The largest absolute Gasteiger partial charge is 0.507 e. The van der Waals surface area contributed by atoms with Gasteiger partial charge in [-0.15, -0.1) is 0 Å². The standard InChI is InChI=1S/C15H19NO/c1-10-8-13(9-11(2)15(10)17)14-5-3-4-12(14)6-7-16/h8-9,12,14,17H,3-6H2,1-2H3/t12-,14+/m1/s1. The molecule has 0 saturated heterocycles. The number of phenols is 1. The topological polar surface area (TPSA) is 44.0 Å². The summed E-state index contributed by atoms with van der Waals surface area (Å²) in [6.07, 6.45) is 4.22. The van der Waals surface area contributed by atoms with Gasteiger partial charge in [-0.3, -0.25) is 0 Å². The third kappa shape index (κ3) is 2.29. The lowest BCUT2D eigenvalue weighted by Gasteiger charge is -2.19. The molecule has 0 spiro atoms. The smallest absolute Gasteiger partial charge is 0.121 e. The minimum atomic E-state index is 0.406. The molecule has 0 bridgehead atoms. The van der Waals surface area contributed by atoms with Crippen molar-refractivity contribution in [3.63, 3.8) is 0 Å². The molecule has 17 heavy (non-hydrogen) atoms. The molecule has 2 rings (SSSR count). The number of aryl methyl sites for hydroxylation is 2. The molecule has 1 saturated carbocycles. The molecule has 1 aliphatic rings. The van der Waals surface area contributed by atoms with Crippen molar-refractivity contribution in [2.45, 2.75) is 45.4 Å². The van der Waals surface area contributed by atoms with Crippen LogP contribution in [0, 0.1) is 31.1 Å². The minimum Gasteiger partial charge on any atom is -0.507 e. The molecule has 1 aromatic rings. The minimum absolute atomic E-state index is 0.406. The van der Waals surface area contributed by atoms with Crippen molar-refractivity contribution < 1.29 is 5.11 Å². The fourth-order valence-electron chi connectivity index (χ4n) is 3.04. The van der Waals surface area contributed by atoms with Gasteiger partial charge in [0, 0.05) is 6.42 Å². The first-order chi connectivity index (χ1) is 8.13. The van der Waals surface area contributed by atoms with Gasteiger partial charge in [0.2, 0.25) is 0 Å². The number of phenolic OH excluding ortho intramolecular Hbond substituents is 1. The summed E-state index contributed by atoms with van der Waals surface area (Å²) in [5, 5.41) is 18.6. The van der Waals surface area contributed by atoms with Crippen LogP contribution in [0.5, 0.6) is 5.75 Å². The van der Waals surface area contributed by atoms with Crippen LogP contribution in [0.4, 0.5) is 0 Å². The molecule has 2 atom stereocenters. The van der Waals surface area contributed by atoms with E-state index in [1.807, 2.05) is 13.8 Å². The molecule has 1 N–H and O–H groups in total. The van der Waals surface area contributed by atoms with Gasteiger partial charge in [0.25, 0.3) is 0 Å². The second-order valence-electron chi connectivity index (χ2n) is 5.16. The molecular weight excluding hydrogens is 210 g/mol. The van der Waals surface area contributed by atoms with Gasteiger partial charge < -0.3 is 5.11 Å². The van der Waals surface area contributed by atoms with Crippen LogP contribution in [0.1, 0.15) is 48.3 Å². The quantitative estimate of drug-likeness (QED) is 0.838. The average Bonchev–Trinajstić information content (AvgIpc) is 2.74. The number of rotatable bonds is 2. The highest BCUT2D eigenvalue weighted by molar-refractivity contribution is 5.43. The maximum Gasteiger partial charge on any atom is 0.121 e. The fourth-order valence-corrected chi connectivity index (χ4v) is 3.04. The maximum atomic E-state index is 9.79. The number of nitrogens with zero attached hydrogens (tertiary/aromatic N) is 1. The molecule has 0 aliphatic heterocycles. The lowest BCUT2D eigenvalue weighted by atomic mass is 9.85. The Labute approximate surface area is 103 Å². The third-order valence-corrected chi connectivity index (χ3v) is 3.95. The highest BCUT2D eigenvalue weighted by Crippen LogP contribution is 2.42. The monoisotopic (exact) mass is 229 g/mol. The van der Waals surface area contributed by atoms with E-state index in [9.17, 15) is 5.11 Å². The lowest BCUT2D eigenvalue weighted by Crippen LogP contribution is -2.06. The van der Waals surface area contributed by atoms with E-state index in [4.69, 9.17) is 5.26 Å². The zero-order chi connectivity index (χ0) is 12.4. The molecule has 0 radical (unpaired) electrons. The number of aromatic hydroxyl groups is 1. The van der Waals surface area contributed by atoms with Gasteiger partial charge in [0.15, 0.2) is 0 Å². The van der Waals surface area contributed by atoms with Crippen molar-refractivity contribution in [1.82, 2.24) is 0 Å². The second-order valence-corrected chi connectivity index (χ2v) is 5.16. The van der Waals surface area contributed by atoms with E-state index in [-0.39, 0.29) is 0 Å². The molecule has 1 fully saturated rings. The van der Waals surface area contributed by atoms with Crippen molar-refractivity contribution in [3.05, 3.63) is 28.8 Å². The van der Waals surface area contributed by atoms with E-state index < -0.39 is 0 Å². The fraction of sp³-hybridized carbons (Fsp3) is 0.533. The lowest BCUT2D eigenvalue weighted by molar-refractivity contribution is 0.463. The Bertz CT molecular complexity index is 435. The van der Waals surface area contributed by atoms with Crippen LogP contribution < -0.4 is 0 Å². The van der Waals surface area contributed by atoms with Crippen LogP contribution in [0.3, 0.4) is 0 Å². The normalized spacial score (nSPS) is 23.6. The predicted octanol–water partition coefficient (Wildman–Crippen LogP) is 3.81.